The number of imidazole rings is 1. The Morgan fingerprint density at radius 1 is 0.621 bits per heavy atom. The number of hydrogen-bond donors (Lipinski definition) is 14. The number of aromatic hydroxyl groups is 2. The zero-order valence-corrected chi connectivity index (χ0v) is 36.4. The molecule has 24 nitrogen and oxygen atoms in total. The van der Waals surface area contributed by atoms with Crippen LogP contribution in [0.1, 0.15) is 50.9 Å². The van der Waals surface area contributed by atoms with Gasteiger partial charge >= 0.3 is 11.9 Å². The Morgan fingerprint density at radius 3 is 1.64 bits per heavy atom. The summed E-state index contributed by atoms with van der Waals surface area (Å²) < 4.78 is 0. The molecule has 1 heterocycles. The summed E-state index contributed by atoms with van der Waals surface area (Å²) >= 11 is 0. The van der Waals surface area contributed by atoms with E-state index in [1.165, 1.54) is 75.6 Å². The van der Waals surface area contributed by atoms with Crippen molar-refractivity contribution in [2.45, 2.75) is 102 Å². The first-order valence-electron chi connectivity index (χ1n) is 20.5. The molecule has 3 aromatic rings. The summed E-state index contributed by atoms with van der Waals surface area (Å²) in [6, 6.07) is 1.01. The van der Waals surface area contributed by atoms with Crippen LogP contribution in [0.2, 0.25) is 0 Å². The van der Waals surface area contributed by atoms with Gasteiger partial charge in [0.2, 0.25) is 41.4 Å². The van der Waals surface area contributed by atoms with Gasteiger partial charge in [0.15, 0.2) is 0 Å². The van der Waals surface area contributed by atoms with Crippen LogP contribution in [-0.2, 0) is 62.4 Å². The highest BCUT2D eigenvalue weighted by molar-refractivity contribution is 5.97. The van der Waals surface area contributed by atoms with Gasteiger partial charge in [-0.3, -0.25) is 38.4 Å². The number of H-pyrrole nitrogens is 1. The van der Waals surface area contributed by atoms with E-state index < -0.39 is 121 Å². The lowest BCUT2D eigenvalue weighted by Crippen LogP contribution is -2.61. The van der Waals surface area contributed by atoms with Crippen molar-refractivity contribution in [3.8, 4) is 11.5 Å². The molecular weight excluding hydrogens is 869 g/mol. The lowest BCUT2D eigenvalue weighted by molar-refractivity contribution is -0.143. The Labute approximate surface area is 377 Å². The van der Waals surface area contributed by atoms with Crippen LogP contribution in [0.5, 0.6) is 11.5 Å². The largest absolute Gasteiger partial charge is 0.508 e. The number of nitrogens with one attached hydrogen (secondary N) is 8. The number of aliphatic carboxylic acids is 2. The number of carbonyl (C=O) groups excluding carboxylic acids is 7. The van der Waals surface area contributed by atoms with Crippen molar-refractivity contribution < 1.29 is 68.7 Å². The zero-order valence-electron chi connectivity index (χ0n) is 36.4. The summed E-state index contributed by atoms with van der Waals surface area (Å²) in [4.78, 5) is 123. The Kier molecular flexibility index (Phi) is 20.0. The molecule has 0 aliphatic carbocycles. The Bertz CT molecular complexity index is 2170. The van der Waals surface area contributed by atoms with Gasteiger partial charge in [-0.25, -0.2) is 9.78 Å². The number of phenols is 2. The lowest BCUT2D eigenvalue weighted by atomic mass is 10.0. The van der Waals surface area contributed by atoms with Crippen molar-refractivity contribution in [3.63, 3.8) is 0 Å². The van der Waals surface area contributed by atoms with Gasteiger partial charge in [-0.05, 0) is 55.2 Å². The standard InChI is InChI=1S/C42H56N10O14/c1-20(2)34(40(63)49-30(16-33(57)58)39(62)50-31(42(65)66)14-24-7-11-27(55)12-8-24)52-41(64)35(22(4)53)51-32(56)18-45-36(59)21(3)47-38(61)29(13-23-5-9-26(54)10-6-23)48-37(60)28(43)15-25-17-44-19-46-25/h5-12,17,19-22,28-31,34-35,53-55H,13-16,18,43H2,1-4H3,(H,44,46)(H,45,59)(H,47,61)(H,48,60)(H,49,63)(H,50,62)(H,51,56)(H,52,64)(H,57,58)(H,65,66)/t21-,22+,28-,29-,30-,31-,34-,35-/m0/s1. The number of rotatable bonds is 25. The average Bonchev–Trinajstić information content (AvgIpc) is 3.76. The van der Waals surface area contributed by atoms with E-state index in [-0.39, 0.29) is 30.8 Å². The quantitative estimate of drug-likeness (QED) is 0.0398. The highest BCUT2D eigenvalue weighted by atomic mass is 16.4. The van der Waals surface area contributed by atoms with Gasteiger partial charge in [-0.2, -0.15) is 0 Å². The van der Waals surface area contributed by atoms with E-state index in [0.29, 0.717) is 16.8 Å². The van der Waals surface area contributed by atoms with E-state index in [1.54, 1.807) is 6.20 Å². The van der Waals surface area contributed by atoms with E-state index in [2.05, 4.69) is 47.2 Å². The molecule has 0 saturated heterocycles. The number of carboxylic acid groups (broad SMARTS) is 2. The number of aliphatic hydroxyl groups excluding tert-OH is 1. The van der Waals surface area contributed by atoms with Gasteiger partial charge in [-0.1, -0.05) is 38.1 Å². The summed E-state index contributed by atoms with van der Waals surface area (Å²) in [5, 5.41) is 65.2. The van der Waals surface area contributed by atoms with Gasteiger partial charge in [0, 0.05) is 25.5 Å². The minimum absolute atomic E-state index is 0.0344. The van der Waals surface area contributed by atoms with Gasteiger partial charge in [0.05, 0.1) is 37.1 Å². The fraction of sp³-hybridized carbons (Fsp3) is 0.429. The molecule has 0 bridgehead atoms. The van der Waals surface area contributed by atoms with Crippen molar-refractivity contribution >= 4 is 53.3 Å². The number of aromatic amines is 1. The van der Waals surface area contributed by atoms with Crippen LogP contribution in [0.3, 0.4) is 0 Å². The third-order valence-corrected chi connectivity index (χ3v) is 9.84. The average molecular weight is 925 g/mol. The number of amides is 7. The smallest absolute Gasteiger partial charge is 0.326 e. The molecule has 0 aliphatic heterocycles. The van der Waals surface area contributed by atoms with Crippen molar-refractivity contribution in [1.29, 1.82) is 0 Å². The maximum atomic E-state index is 13.5. The molecule has 66 heavy (non-hydrogen) atoms. The molecule has 0 saturated carbocycles. The van der Waals surface area contributed by atoms with E-state index >= 15 is 0 Å². The third-order valence-electron chi connectivity index (χ3n) is 9.84. The van der Waals surface area contributed by atoms with Crippen LogP contribution in [0.15, 0.2) is 61.1 Å². The molecule has 0 spiro atoms. The molecule has 3 rings (SSSR count). The van der Waals surface area contributed by atoms with Crippen molar-refractivity contribution in [3.05, 3.63) is 77.9 Å². The molecule has 0 unspecified atom stereocenters. The Morgan fingerprint density at radius 2 is 1.14 bits per heavy atom. The molecular formula is C42H56N10O14. The summed E-state index contributed by atoms with van der Waals surface area (Å²) in [7, 11) is 0. The molecule has 0 aliphatic rings. The molecule has 0 radical (unpaired) electrons. The number of aromatic nitrogens is 2. The molecule has 0 fully saturated rings. The zero-order chi connectivity index (χ0) is 49.2. The first-order chi connectivity index (χ1) is 31.0. The molecule has 24 heteroatoms. The van der Waals surface area contributed by atoms with Gasteiger partial charge in [0.1, 0.15) is 47.8 Å². The number of carbonyl (C=O) groups is 9. The summed E-state index contributed by atoms with van der Waals surface area (Å²) in [5.74, 6) is -10.5. The maximum Gasteiger partial charge on any atom is 0.326 e. The predicted octanol–water partition coefficient (Wildman–Crippen LogP) is -3.18. The van der Waals surface area contributed by atoms with E-state index in [4.69, 9.17) is 5.73 Å². The van der Waals surface area contributed by atoms with E-state index in [9.17, 15) is 68.7 Å². The van der Waals surface area contributed by atoms with Crippen LogP contribution < -0.4 is 43.0 Å². The minimum atomic E-state index is -1.82. The second-order valence-electron chi connectivity index (χ2n) is 15.7. The van der Waals surface area contributed by atoms with Crippen molar-refractivity contribution in [1.82, 2.24) is 47.2 Å². The summed E-state index contributed by atoms with van der Waals surface area (Å²) in [6.45, 7) is 4.65. The SMILES string of the molecule is CC(C)[C@H](NC(=O)[C@@H](NC(=O)CNC(=O)[C@H](C)NC(=O)[C@H](Cc1ccc(O)cc1)NC(=O)[C@@H](N)Cc1c[nH]cn1)[C@@H](C)O)C(=O)N[C@@H](CC(=O)O)C(=O)N[C@@H](Cc1ccc(O)cc1)C(=O)O. The molecule has 1 aromatic heterocycles. The van der Waals surface area contributed by atoms with Gasteiger partial charge < -0.3 is 73.5 Å². The van der Waals surface area contributed by atoms with Gasteiger partial charge in [0.25, 0.3) is 0 Å². The second kappa shape index (κ2) is 25.0. The Balaban J connectivity index is 1.62. The number of carboxylic acids is 2. The van der Waals surface area contributed by atoms with Crippen LogP contribution in [0.25, 0.3) is 0 Å². The van der Waals surface area contributed by atoms with Crippen molar-refractivity contribution in [2.75, 3.05) is 6.54 Å². The molecule has 8 atom stereocenters. The van der Waals surface area contributed by atoms with Crippen LogP contribution in [-0.4, -0.2) is 144 Å². The number of nitrogens with two attached hydrogens (primary N) is 1. The minimum Gasteiger partial charge on any atom is -0.508 e. The summed E-state index contributed by atoms with van der Waals surface area (Å²) in [6.07, 6.45) is 0.110. The monoisotopic (exact) mass is 924 g/mol. The fourth-order valence-electron chi connectivity index (χ4n) is 6.17. The normalized spacial score (nSPS) is 14.7. The number of hydrogen-bond acceptors (Lipinski definition) is 14. The van der Waals surface area contributed by atoms with Crippen LogP contribution in [0.4, 0.5) is 0 Å². The molecule has 15 N–H and O–H groups in total. The fourth-order valence-corrected chi connectivity index (χ4v) is 6.17. The molecule has 2 aromatic carbocycles. The number of nitrogens with zero attached hydrogens (tertiary/aromatic N) is 1. The molecule has 7 amide bonds. The van der Waals surface area contributed by atoms with E-state index in [0.717, 1.165) is 6.92 Å². The van der Waals surface area contributed by atoms with Gasteiger partial charge in [-0.15, -0.1) is 0 Å². The van der Waals surface area contributed by atoms with Crippen LogP contribution >= 0.6 is 0 Å². The van der Waals surface area contributed by atoms with Crippen LogP contribution in [0, 0.1) is 5.92 Å². The highest BCUT2D eigenvalue weighted by Gasteiger charge is 2.35. The first kappa shape index (κ1) is 52.7. The second-order valence-corrected chi connectivity index (χ2v) is 15.7. The highest BCUT2D eigenvalue weighted by Crippen LogP contribution is 2.14. The topological polar surface area (TPSA) is 394 Å². The predicted molar refractivity (Wildman–Crippen MR) is 231 cm³/mol. The maximum absolute atomic E-state index is 13.5. The Hall–Kier alpha value is -7.60. The number of phenolic OH excluding ortho intramolecular Hbond substituents is 2. The van der Waals surface area contributed by atoms with E-state index in [1.807, 2.05) is 0 Å². The van der Waals surface area contributed by atoms with Crippen molar-refractivity contribution in [2.24, 2.45) is 11.7 Å². The lowest BCUT2D eigenvalue weighted by Gasteiger charge is -2.28. The third kappa shape index (κ3) is 17.2. The molecule has 358 valence electrons. The summed E-state index contributed by atoms with van der Waals surface area (Å²) in [5.41, 5.74) is 7.50. The number of aliphatic hydroxyl groups is 1. The number of benzene rings is 2. The first-order valence-corrected chi connectivity index (χ1v) is 20.5.